The molecule has 2 atom stereocenters. The maximum Gasteiger partial charge on any atom is 0.243 e. The van der Waals surface area contributed by atoms with Gasteiger partial charge in [-0.25, -0.2) is 13.1 Å². The van der Waals surface area contributed by atoms with Gasteiger partial charge in [0.15, 0.2) is 0 Å². The van der Waals surface area contributed by atoms with Crippen molar-refractivity contribution in [2.75, 3.05) is 6.54 Å². The number of hydrogen-bond donors (Lipinski definition) is 2. The molecule has 0 amide bonds. The molecule has 0 saturated heterocycles. The van der Waals surface area contributed by atoms with Crippen LogP contribution in [0.15, 0.2) is 17.3 Å². The number of hydrogen-bond acceptors (Lipinski definition) is 3. The van der Waals surface area contributed by atoms with Crippen molar-refractivity contribution in [2.24, 2.45) is 5.92 Å². The van der Waals surface area contributed by atoms with Crippen LogP contribution >= 0.6 is 15.9 Å². The van der Waals surface area contributed by atoms with E-state index in [-0.39, 0.29) is 4.90 Å². The second-order valence-corrected chi connectivity index (χ2v) is 6.94. The lowest BCUT2D eigenvalue weighted by Gasteiger charge is -2.14. The fourth-order valence-electron chi connectivity index (χ4n) is 1.91. The van der Waals surface area contributed by atoms with Crippen LogP contribution in [-0.2, 0) is 10.0 Å². The Morgan fingerprint density at radius 3 is 2.94 bits per heavy atom. The lowest BCUT2D eigenvalue weighted by Crippen LogP contribution is -2.30. The van der Waals surface area contributed by atoms with Crippen molar-refractivity contribution in [2.45, 2.75) is 29.0 Å². The van der Waals surface area contributed by atoms with Crippen LogP contribution < -0.4 is 4.72 Å². The molecule has 1 aliphatic carbocycles. The summed E-state index contributed by atoms with van der Waals surface area (Å²) in [6.07, 6.45) is 6.04. The van der Waals surface area contributed by atoms with Crippen LogP contribution in [-0.4, -0.2) is 30.0 Å². The van der Waals surface area contributed by atoms with Crippen molar-refractivity contribution >= 4 is 26.0 Å². The molecule has 16 heavy (non-hydrogen) atoms. The molecule has 5 nitrogen and oxygen atoms in total. The minimum absolute atomic E-state index is 0.191. The summed E-state index contributed by atoms with van der Waals surface area (Å²) in [5.41, 5.74) is 0. The third-order valence-corrected chi connectivity index (χ3v) is 5.48. The molecule has 7 heteroatoms. The average Bonchev–Trinajstić information content (AvgIpc) is 2.85. The Balaban J connectivity index is 1.95. The molecule has 1 heterocycles. The third kappa shape index (κ3) is 2.64. The van der Waals surface area contributed by atoms with Crippen molar-refractivity contribution in [3.05, 3.63) is 12.4 Å². The van der Waals surface area contributed by atoms with E-state index in [1.807, 2.05) is 0 Å². The van der Waals surface area contributed by atoms with E-state index < -0.39 is 10.0 Å². The Morgan fingerprint density at radius 1 is 1.56 bits per heavy atom. The number of sulfonamides is 1. The first-order valence-corrected chi connectivity index (χ1v) is 7.62. The third-order valence-electron chi connectivity index (χ3n) is 2.89. The maximum atomic E-state index is 11.8. The van der Waals surface area contributed by atoms with Crippen molar-refractivity contribution in [1.82, 2.24) is 14.9 Å². The van der Waals surface area contributed by atoms with Gasteiger partial charge in [-0.1, -0.05) is 22.4 Å². The standard InChI is InChI=1S/C9H14BrN3O2S/c10-9-3-1-2-7(9)4-13-16(14,15)8-5-11-12-6-8/h5-7,9,13H,1-4H2,(H,11,12). The highest BCUT2D eigenvalue weighted by molar-refractivity contribution is 9.09. The van der Waals surface area contributed by atoms with Gasteiger partial charge in [0.25, 0.3) is 0 Å². The number of aromatic nitrogens is 2. The number of H-pyrrole nitrogens is 1. The predicted octanol–water partition coefficient (Wildman–Crippen LogP) is 1.25. The number of alkyl halides is 1. The number of halogens is 1. The first kappa shape index (κ1) is 12.1. The van der Waals surface area contributed by atoms with E-state index in [0.29, 0.717) is 17.3 Å². The summed E-state index contributed by atoms with van der Waals surface area (Å²) in [5, 5.41) is 6.12. The van der Waals surface area contributed by atoms with E-state index in [1.165, 1.54) is 12.4 Å². The number of nitrogens with zero attached hydrogens (tertiary/aromatic N) is 1. The van der Waals surface area contributed by atoms with Gasteiger partial charge in [0, 0.05) is 17.6 Å². The second kappa shape index (κ2) is 4.85. The molecule has 0 bridgehead atoms. The quantitative estimate of drug-likeness (QED) is 0.822. The largest absolute Gasteiger partial charge is 0.284 e. The monoisotopic (exact) mass is 307 g/mol. The number of aromatic amines is 1. The van der Waals surface area contributed by atoms with E-state index >= 15 is 0 Å². The van der Waals surface area contributed by atoms with Gasteiger partial charge in [0.2, 0.25) is 10.0 Å². The van der Waals surface area contributed by atoms with Crippen LogP contribution in [0.25, 0.3) is 0 Å². The average molecular weight is 308 g/mol. The number of nitrogens with one attached hydrogen (secondary N) is 2. The molecular formula is C9H14BrN3O2S. The zero-order chi connectivity index (χ0) is 11.6. The lowest BCUT2D eigenvalue weighted by molar-refractivity contribution is 0.529. The van der Waals surface area contributed by atoms with Gasteiger partial charge in [-0.05, 0) is 18.8 Å². The molecule has 1 fully saturated rings. The maximum absolute atomic E-state index is 11.8. The number of rotatable bonds is 4. The van der Waals surface area contributed by atoms with Crippen LogP contribution in [0.3, 0.4) is 0 Å². The molecule has 0 aromatic carbocycles. The molecule has 0 radical (unpaired) electrons. The minimum Gasteiger partial charge on any atom is -0.284 e. The van der Waals surface area contributed by atoms with Crippen molar-refractivity contribution in [3.63, 3.8) is 0 Å². The van der Waals surface area contributed by atoms with Crippen LogP contribution in [0.2, 0.25) is 0 Å². The highest BCUT2D eigenvalue weighted by Crippen LogP contribution is 2.31. The van der Waals surface area contributed by atoms with Gasteiger partial charge in [0.1, 0.15) is 4.90 Å². The summed E-state index contributed by atoms with van der Waals surface area (Å²) >= 11 is 3.57. The fourth-order valence-corrected chi connectivity index (χ4v) is 3.68. The summed E-state index contributed by atoms with van der Waals surface area (Å²) in [6, 6.07) is 0. The van der Waals surface area contributed by atoms with Gasteiger partial charge in [-0.3, -0.25) is 5.10 Å². The molecule has 1 saturated carbocycles. The van der Waals surface area contributed by atoms with Crippen molar-refractivity contribution in [3.8, 4) is 0 Å². The Kier molecular flexibility index (Phi) is 3.66. The minimum atomic E-state index is -3.39. The Labute approximate surface area is 103 Å². The molecular weight excluding hydrogens is 294 g/mol. The Morgan fingerprint density at radius 2 is 2.38 bits per heavy atom. The normalized spacial score (nSPS) is 26.1. The highest BCUT2D eigenvalue weighted by atomic mass is 79.9. The fraction of sp³-hybridized carbons (Fsp3) is 0.667. The van der Waals surface area contributed by atoms with Crippen LogP contribution in [0.5, 0.6) is 0 Å². The summed E-state index contributed by atoms with van der Waals surface area (Å²) in [5.74, 6) is 0.390. The smallest absolute Gasteiger partial charge is 0.243 e. The zero-order valence-corrected chi connectivity index (χ0v) is 11.1. The summed E-state index contributed by atoms with van der Waals surface area (Å²) in [7, 11) is -3.39. The van der Waals surface area contributed by atoms with Crippen LogP contribution in [0, 0.1) is 5.92 Å². The van der Waals surface area contributed by atoms with Gasteiger partial charge < -0.3 is 0 Å². The zero-order valence-electron chi connectivity index (χ0n) is 8.69. The highest BCUT2D eigenvalue weighted by Gasteiger charge is 2.26. The van der Waals surface area contributed by atoms with E-state index in [4.69, 9.17) is 0 Å². The molecule has 2 unspecified atom stereocenters. The van der Waals surface area contributed by atoms with Crippen molar-refractivity contribution in [1.29, 1.82) is 0 Å². The summed E-state index contributed by atoms with van der Waals surface area (Å²) in [4.78, 5) is 0.621. The van der Waals surface area contributed by atoms with Gasteiger partial charge in [-0.2, -0.15) is 5.10 Å². The summed E-state index contributed by atoms with van der Waals surface area (Å²) in [6.45, 7) is 0.490. The molecule has 90 valence electrons. The second-order valence-electron chi connectivity index (χ2n) is 3.99. The van der Waals surface area contributed by atoms with Gasteiger partial charge >= 0.3 is 0 Å². The van der Waals surface area contributed by atoms with Gasteiger partial charge in [-0.15, -0.1) is 0 Å². The first-order chi connectivity index (χ1) is 7.59. The molecule has 1 aliphatic rings. The van der Waals surface area contributed by atoms with Crippen molar-refractivity contribution < 1.29 is 8.42 Å². The Hall–Kier alpha value is -0.400. The molecule has 0 spiro atoms. The molecule has 0 aliphatic heterocycles. The van der Waals surface area contributed by atoms with Crippen LogP contribution in [0.1, 0.15) is 19.3 Å². The van der Waals surface area contributed by atoms with E-state index in [2.05, 4.69) is 30.8 Å². The molecule has 1 aromatic heterocycles. The van der Waals surface area contributed by atoms with E-state index in [9.17, 15) is 8.42 Å². The molecule has 2 rings (SSSR count). The van der Waals surface area contributed by atoms with Gasteiger partial charge in [0.05, 0.1) is 6.20 Å². The Bertz CT molecular complexity index is 432. The SMILES string of the molecule is O=S(=O)(NCC1CCCC1Br)c1cn[nH]c1. The molecule has 1 aromatic rings. The van der Waals surface area contributed by atoms with Crippen LogP contribution in [0.4, 0.5) is 0 Å². The summed E-state index contributed by atoms with van der Waals surface area (Å²) < 4.78 is 26.2. The predicted molar refractivity (Wildman–Crippen MR) is 63.8 cm³/mol. The first-order valence-electron chi connectivity index (χ1n) is 5.22. The van der Waals surface area contributed by atoms with E-state index in [0.717, 1.165) is 19.3 Å². The topological polar surface area (TPSA) is 74.8 Å². The lowest BCUT2D eigenvalue weighted by atomic mass is 10.1. The molecule has 2 N–H and O–H groups in total. The van der Waals surface area contributed by atoms with E-state index in [1.54, 1.807) is 0 Å².